The maximum Gasteiger partial charge on any atom is 0.246 e. The third kappa shape index (κ3) is 22.6. The predicted molar refractivity (Wildman–Crippen MR) is 361 cm³/mol. The number of carbonyl (C=O) groups excluding carboxylic acids is 11. The van der Waals surface area contributed by atoms with Crippen molar-refractivity contribution in [2.75, 3.05) is 69.0 Å². The van der Waals surface area contributed by atoms with E-state index < -0.39 is 143 Å². The largest absolute Gasteiger partial charge is 0.390 e. The quantitative estimate of drug-likeness (QED) is 0.135. The zero-order valence-electron chi connectivity index (χ0n) is 61.2. The molecule has 2 rings (SSSR count). The molecule has 0 spiro atoms. The molecule has 0 aromatic heterocycles. The lowest BCUT2D eigenvalue weighted by atomic mass is 9.82. The number of ketones is 3. The summed E-state index contributed by atoms with van der Waals surface area (Å²) in [6.07, 6.45) is 6.16. The highest BCUT2D eigenvalue weighted by Crippen LogP contribution is 2.30. The number of carbonyl (C=O) groups is 11. The fourth-order valence-electron chi connectivity index (χ4n) is 13.3. The lowest BCUT2D eigenvalue weighted by Crippen LogP contribution is -2.63. The number of aliphatic hydroxyl groups is 1. The number of Topliss-reactive ketones (excluding diaryl/α,β-unsaturated/α-hetero) is 3. The van der Waals surface area contributed by atoms with E-state index in [1.807, 2.05) is 75.3 Å². The van der Waals surface area contributed by atoms with Crippen LogP contribution in [0.1, 0.15) is 195 Å². The number of likely N-dealkylation sites (N-methyl/N-ethyl adjacent to an activating group) is 7. The minimum Gasteiger partial charge on any atom is -0.390 e. The minimum absolute atomic E-state index is 0.0328. The molecule has 0 saturated carbocycles. The first kappa shape index (κ1) is 82.5. The van der Waals surface area contributed by atoms with Gasteiger partial charge in [0, 0.05) is 86.3 Å². The molecule has 2 N–H and O–H groups in total. The van der Waals surface area contributed by atoms with Gasteiger partial charge in [-0.3, -0.25) is 52.7 Å². The molecule has 0 radical (unpaired) electrons. The van der Waals surface area contributed by atoms with Crippen LogP contribution < -0.4 is 5.32 Å². The average Bonchev–Trinajstić information content (AvgIpc) is 0.865. The second-order valence-electron chi connectivity index (χ2n) is 29.4. The van der Waals surface area contributed by atoms with E-state index in [1.54, 1.807) is 61.6 Å². The summed E-state index contributed by atoms with van der Waals surface area (Å²) in [6, 6.07) is -9.52. The molecular formula is C71H125N9O12. The summed E-state index contributed by atoms with van der Waals surface area (Å²) < 4.78 is 0. The van der Waals surface area contributed by atoms with Crippen LogP contribution in [0.5, 0.6) is 0 Å². The van der Waals surface area contributed by atoms with Crippen LogP contribution in [-0.4, -0.2) is 232 Å². The van der Waals surface area contributed by atoms with Gasteiger partial charge in [-0.1, -0.05) is 122 Å². The van der Waals surface area contributed by atoms with Crippen LogP contribution in [0, 0.1) is 59.2 Å². The normalized spacial score (nSPS) is 28.3. The van der Waals surface area contributed by atoms with Crippen LogP contribution in [-0.2, 0) is 52.7 Å². The first-order chi connectivity index (χ1) is 42.7. The first-order valence-corrected chi connectivity index (χ1v) is 34.5. The Balaban J connectivity index is 3.04. The van der Waals surface area contributed by atoms with E-state index in [4.69, 9.17) is 0 Å². The van der Waals surface area contributed by atoms with E-state index in [9.17, 15) is 24.3 Å². The Morgan fingerprint density at radius 1 is 0.489 bits per heavy atom. The summed E-state index contributed by atoms with van der Waals surface area (Å²) in [7, 11) is 10.4. The van der Waals surface area contributed by atoms with Crippen molar-refractivity contribution in [3.8, 4) is 0 Å². The predicted octanol–water partition coefficient (Wildman–Crippen LogP) is 7.40. The maximum atomic E-state index is 15.3. The molecule has 2 fully saturated rings. The van der Waals surface area contributed by atoms with Crippen LogP contribution >= 0.6 is 0 Å². The molecule has 0 unspecified atom stereocenters. The van der Waals surface area contributed by atoms with Crippen molar-refractivity contribution in [3.05, 3.63) is 12.2 Å². The van der Waals surface area contributed by atoms with E-state index >= 15 is 33.6 Å². The van der Waals surface area contributed by atoms with Gasteiger partial charge in [0.1, 0.15) is 42.0 Å². The number of likely N-dealkylation sites (tertiary alicyclic amines) is 1. The van der Waals surface area contributed by atoms with Crippen LogP contribution in [0.2, 0.25) is 0 Å². The number of hydrogen-bond donors (Lipinski definition) is 2. The van der Waals surface area contributed by atoms with Gasteiger partial charge in [-0.05, 0) is 126 Å². The zero-order valence-corrected chi connectivity index (χ0v) is 61.2. The molecule has 2 aliphatic rings. The number of rotatable bonds is 17. The molecule has 2 saturated heterocycles. The molecule has 0 aromatic carbocycles. The Labute approximate surface area is 554 Å². The molecule has 2 aliphatic heterocycles. The molecule has 21 nitrogen and oxygen atoms in total. The Hall–Kier alpha value is -5.57. The van der Waals surface area contributed by atoms with Crippen molar-refractivity contribution in [2.24, 2.45) is 59.2 Å². The number of piperidine rings is 1. The van der Waals surface area contributed by atoms with Gasteiger partial charge in [-0.2, -0.15) is 0 Å². The van der Waals surface area contributed by atoms with Gasteiger partial charge in [0.15, 0.2) is 11.6 Å². The number of aliphatic hydroxyl groups excluding tert-OH is 1. The number of allylic oxidation sites excluding steroid dienone is 2. The number of amides is 8. The molecule has 21 heteroatoms. The average molecular weight is 1300 g/mol. The molecule has 92 heavy (non-hydrogen) atoms. The van der Waals surface area contributed by atoms with Gasteiger partial charge < -0.3 is 49.6 Å². The number of hydrogen-bond acceptors (Lipinski definition) is 13. The topological polar surface area (TPSA) is 246 Å². The smallest absolute Gasteiger partial charge is 0.246 e. The highest BCUT2D eigenvalue weighted by Gasteiger charge is 2.46. The summed E-state index contributed by atoms with van der Waals surface area (Å²) in [5.74, 6) is -10.9. The van der Waals surface area contributed by atoms with Gasteiger partial charge in [-0.25, -0.2) is 0 Å². The summed E-state index contributed by atoms with van der Waals surface area (Å²) in [4.78, 5) is 175. The lowest BCUT2D eigenvalue weighted by molar-refractivity contribution is -0.157. The van der Waals surface area contributed by atoms with E-state index in [-0.39, 0.29) is 80.0 Å². The van der Waals surface area contributed by atoms with E-state index in [0.717, 1.165) is 37.3 Å². The molecular weight excluding hydrogens is 1170 g/mol. The van der Waals surface area contributed by atoms with Crippen molar-refractivity contribution in [1.82, 2.24) is 44.5 Å². The third-order valence-corrected chi connectivity index (χ3v) is 19.6. The highest BCUT2D eigenvalue weighted by molar-refractivity contribution is 6.00. The second-order valence-corrected chi connectivity index (χ2v) is 29.4. The molecule has 14 atom stereocenters. The zero-order chi connectivity index (χ0) is 70.7. The fraction of sp³-hybridized carbons (Fsp3) is 0.817. The van der Waals surface area contributed by atoms with Gasteiger partial charge in [0.2, 0.25) is 47.3 Å². The molecule has 0 aliphatic carbocycles. The van der Waals surface area contributed by atoms with Crippen LogP contribution in [0.15, 0.2) is 12.2 Å². The van der Waals surface area contributed by atoms with Crippen LogP contribution in [0.25, 0.3) is 0 Å². The van der Waals surface area contributed by atoms with Crippen molar-refractivity contribution in [2.45, 2.75) is 249 Å². The van der Waals surface area contributed by atoms with Crippen LogP contribution in [0.4, 0.5) is 0 Å². The van der Waals surface area contributed by atoms with Crippen LogP contribution in [0.3, 0.4) is 0 Å². The highest BCUT2D eigenvalue weighted by atomic mass is 16.3. The molecule has 8 amide bonds. The summed E-state index contributed by atoms with van der Waals surface area (Å²) in [5.41, 5.74) is 0. The Morgan fingerprint density at radius 3 is 1.45 bits per heavy atom. The van der Waals surface area contributed by atoms with Gasteiger partial charge in [0.05, 0.1) is 18.2 Å². The summed E-state index contributed by atoms with van der Waals surface area (Å²) in [5, 5.41) is 15.1. The third-order valence-electron chi connectivity index (χ3n) is 19.6. The summed E-state index contributed by atoms with van der Waals surface area (Å²) >= 11 is 0. The second kappa shape index (κ2) is 38.1. The van der Waals surface area contributed by atoms with Gasteiger partial charge in [-0.15, -0.1) is 0 Å². The van der Waals surface area contributed by atoms with E-state index in [0.29, 0.717) is 19.4 Å². The summed E-state index contributed by atoms with van der Waals surface area (Å²) in [6.45, 7) is 33.0. The van der Waals surface area contributed by atoms with Crippen molar-refractivity contribution < 1.29 is 57.8 Å². The number of nitrogens with zero attached hydrogens (tertiary/aromatic N) is 8. The standard InChI is InChI=1S/C71H125N9O12/c1-25-27-31-48(14)63(84)62-64(85)72-53(26-2)68(89)73(18)51(17)66(87)78(23)61(47(13)32-35-80-33-29-28-30-34-80)59(83)41-52(45(9)10)67(88)74(19)54(36-42(3)4)58(82)39-49(15)57(81)40-50(16)65(86)75(20)55(37-43(5)6)69(90)76(21)56(38-44(7)8)70(91)77(22)60(46(11)12)71(92)79(62)24/h25,27,42-56,60-63,84H,26,28-41H2,1-24H3,(H,72,85)/b27-25+/t47-,48-,49-,50+,51-,52+,53+,54+,55+,56+,60+,61+,62+,63-/m1/s1. The first-order valence-electron chi connectivity index (χ1n) is 34.5. The minimum atomic E-state index is -1.61. The lowest BCUT2D eigenvalue weighted by Gasteiger charge is -2.41. The van der Waals surface area contributed by atoms with Crippen molar-refractivity contribution in [1.29, 1.82) is 0 Å². The van der Waals surface area contributed by atoms with Crippen molar-refractivity contribution >= 4 is 64.6 Å². The van der Waals surface area contributed by atoms with Gasteiger partial charge in [0.25, 0.3) is 0 Å². The molecule has 0 bridgehead atoms. The maximum absolute atomic E-state index is 15.3. The van der Waals surface area contributed by atoms with Crippen molar-refractivity contribution in [3.63, 3.8) is 0 Å². The molecule has 0 aromatic rings. The monoisotopic (exact) mass is 1300 g/mol. The SMILES string of the molecule is C/C=C/C[C@@H](C)[C@@H](O)[C@H]1C(=O)N[C@@H](CC)C(=O)N(C)[C@H](C)C(=O)N(C)[C@@H]([C@H](C)CCN2CCCCC2)C(=O)C[C@@H](C(C)C)C(=O)N(C)[C@@H](CC(C)C)C(=O)C[C@@H](C)C(=O)C[C@H](C)C(=O)N(C)[C@@H](CC(C)C)C(=O)N(C)[C@@H](CC(C)C)C(=O)N(C)[C@@H](C(C)C)C(=O)N1C. The fourth-order valence-corrected chi connectivity index (χ4v) is 13.3. The van der Waals surface area contributed by atoms with Gasteiger partial charge >= 0.3 is 0 Å². The molecule has 2 heterocycles. The number of nitrogens with one attached hydrogen (secondary N) is 1. The Kier molecular flexibility index (Phi) is 34.2. The van der Waals surface area contributed by atoms with E-state index in [1.165, 1.54) is 71.7 Å². The Morgan fingerprint density at radius 2 is 0.957 bits per heavy atom. The van der Waals surface area contributed by atoms with E-state index in [2.05, 4.69) is 10.2 Å². The Bertz CT molecular complexity index is 2510. The molecule has 526 valence electrons.